The van der Waals surface area contributed by atoms with Crippen molar-refractivity contribution >= 4 is 50.4 Å². The third kappa shape index (κ3) is 7.49. The topological polar surface area (TPSA) is 123 Å². The van der Waals surface area contributed by atoms with E-state index in [0.29, 0.717) is 49.0 Å². The highest BCUT2D eigenvalue weighted by atomic mass is 35.5. The zero-order valence-electron chi connectivity index (χ0n) is 28.6. The Morgan fingerprint density at radius 3 is 2.86 bits per heavy atom. The van der Waals surface area contributed by atoms with Crippen LogP contribution in [0.4, 0.5) is 5.69 Å². The predicted molar refractivity (Wildman–Crippen MR) is 196 cm³/mol. The van der Waals surface area contributed by atoms with E-state index in [2.05, 4.69) is 48.5 Å². The van der Waals surface area contributed by atoms with E-state index >= 15 is 0 Å². The zero-order valence-corrected chi connectivity index (χ0v) is 31.0. The molecule has 2 aliphatic carbocycles. The van der Waals surface area contributed by atoms with Crippen LogP contribution in [0.2, 0.25) is 5.02 Å². The monoisotopic (exact) mass is 737 g/mol. The Bertz CT molecular complexity index is 1920. The summed E-state index contributed by atoms with van der Waals surface area (Å²) in [7, 11) is -1.66. The quantitative estimate of drug-likeness (QED) is 0.290. The maximum Gasteiger partial charge on any atom is 0.286 e. The lowest BCUT2D eigenvalue weighted by molar-refractivity contribution is -0.119. The highest BCUT2D eigenvalue weighted by Gasteiger charge is 2.44. The Morgan fingerprint density at radius 1 is 1.20 bits per heavy atom. The third-order valence-corrected chi connectivity index (χ3v) is 13.6. The van der Waals surface area contributed by atoms with Gasteiger partial charge in [0.25, 0.3) is 5.91 Å². The molecule has 1 saturated carbocycles. The van der Waals surface area contributed by atoms with Crippen LogP contribution in [0.15, 0.2) is 52.9 Å². The summed E-state index contributed by atoms with van der Waals surface area (Å²) in [6, 6.07) is 11.6. The molecule has 3 aromatic rings. The molecule has 4 aliphatic rings. The van der Waals surface area contributed by atoms with Gasteiger partial charge in [-0.05, 0) is 105 Å². The van der Waals surface area contributed by atoms with Crippen LogP contribution in [0.5, 0.6) is 5.75 Å². The lowest BCUT2D eigenvalue weighted by Crippen LogP contribution is -2.49. The Hall–Kier alpha value is -3.32. The molecule has 266 valence electrons. The number of hydrogen-bond donors (Lipinski definition) is 1. The SMILES string of the molecule is CO[C@H]1/C=C/CCCS(=O)(NC(=O)CCc2nnc(C)s2)=NC(=O)c2ccc3c(c2)N(C[C@@H]2CC[C@H]21)C[C@@]1(CCCc2cc(Cl)ccc21)CO3. The number of carbonyl (C=O) groups excluding carboxylic acids is 2. The van der Waals surface area contributed by atoms with Crippen LogP contribution in [0.1, 0.15) is 76.4 Å². The smallest absolute Gasteiger partial charge is 0.286 e. The van der Waals surface area contributed by atoms with Crippen LogP contribution in [0, 0.1) is 18.8 Å². The molecule has 1 fully saturated rings. The first-order chi connectivity index (χ1) is 24.1. The summed E-state index contributed by atoms with van der Waals surface area (Å²) in [5.41, 5.74) is 3.43. The van der Waals surface area contributed by atoms with Gasteiger partial charge in [0.15, 0.2) is 0 Å². The average molecular weight is 738 g/mol. The Kier molecular flexibility index (Phi) is 10.3. The van der Waals surface area contributed by atoms with Gasteiger partial charge in [0.05, 0.1) is 24.2 Å². The van der Waals surface area contributed by atoms with Gasteiger partial charge in [0, 0.05) is 49.0 Å². The Labute approximate surface area is 303 Å². The van der Waals surface area contributed by atoms with Crippen molar-refractivity contribution in [2.24, 2.45) is 16.2 Å². The van der Waals surface area contributed by atoms with Gasteiger partial charge >= 0.3 is 0 Å². The number of benzene rings is 2. The number of halogens is 1. The fourth-order valence-electron chi connectivity index (χ4n) is 8.00. The zero-order chi connectivity index (χ0) is 34.9. The summed E-state index contributed by atoms with van der Waals surface area (Å²) >= 11 is 7.87. The van der Waals surface area contributed by atoms with Crippen molar-refractivity contribution in [3.05, 3.63) is 80.3 Å². The molecule has 3 heterocycles. The second-order valence-corrected chi connectivity index (χ2v) is 17.8. The fourth-order valence-corrected chi connectivity index (χ4v) is 10.5. The van der Waals surface area contributed by atoms with Gasteiger partial charge in [0.2, 0.25) is 5.91 Å². The largest absolute Gasteiger partial charge is 0.490 e. The predicted octanol–water partition coefficient (Wildman–Crippen LogP) is 6.64. The maximum absolute atomic E-state index is 14.2. The van der Waals surface area contributed by atoms with Crippen LogP contribution in [-0.2, 0) is 37.7 Å². The van der Waals surface area contributed by atoms with Crippen molar-refractivity contribution in [1.82, 2.24) is 14.9 Å². The number of aryl methyl sites for hydroxylation is 3. The number of ether oxygens (including phenoxy) is 2. The Morgan fingerprint density at radius 2 is 2.08 bits per heavy atom. The summed E-state index contributed by atoms with van der Waals surface area (Å²) in [5, 5.41) is 10.4. The standard InChI is InChI=1S/C37H44ClN5O5S2/c1-24-39-40-35(49-24)16-15-34(44)41-50(46)18-5-3-4-8-32(47-2)29-12-9-27(29)21-43-22-37(17-6-7-25-19-28(38)11-13-30(25)37)23-48-33-14-10-26(20-31(33)43)36(45)42-50/h4,8,10-11,13-14,19-20,27,29,32H,3,5-7,9,12,15-18,21-23H2,1-2H3,(H,41,42,44,45,46)/b8-4+/t27-,29+,32-,37-,50?/m0/s1. The number of amides is 2. The molecule has 2 aliphatic heterocycles. The minimum Gasteiger partial charge on any atom is -0.490 e. The molecular formula is C37H44ClN5O5S2. The van der Waals surface area contributed by atoms with Gasteiger partial charge in [-0.3, -0.25) is 14.3 Å². The molecule has 1 N–H and O–H groups in total. The average Bonchev–Trinajstić information content (AvgIpc) is 3.44. The normalized spacial score (nSPS) is 28.7. The molecule has 50 heavy (non-hydrogen) atoms. The molecule has 10 nitrogen and oxygen atoms in total. The van der Waals surface area contributed by atoms with Crippen molar-refractivity contribution in [2.45, 2.75) is 76.2 Å². The summed E-state index contributed by atoms with van der Waals surface area (Å²) in [6.45, 7) is 3.87. The van der Waals surface area contributed by atoms with Crippen molar-refractivity contribution in [2.75, 3.05) is 37.5 Å². The van der Waals surface area contributed by atoms with Gasteiger partial charge in [-0.15, -0.1) is 25.9 Å². The van der Waals surface area contributed by atoms with E-state index in [1.54, 1.807) is 13.2 Å². The molecule has 5 atom stereocenters. The van der Waals surface area contributed by atoms with E-state index in [-0.39, 0.29) is 23.7 Å². The van der Waals surface area contributed by atoms with Crippen molar-refractivity contribution in [3.63, 3.8) is 0 Å². The molecule has 13 heteroatoms. The molecule has 2 aromatic carbocycles. The lowest BCUT2D eigenvalue weighted by atomic mass is 9.68. The first-order valence-electron chi connectivity index (χ1n) is 17.5. The van der Waals surface area contributed by atoms with Crippen molar-refractivity contribution < 1.29 is 23.3 Å². The summed E-state index contributed by atoms with van der Waals surface area (Å²) < 4.78 is 33.7. The molecule has 1 spiro atoms. The van der Waals surface area contributed by atoms with E-state index in [4.69, 9.17) is 21.1 Å². The third-order valence-electron chi connectivity index (χ3n) is 10.7. The maximum atomic E-state index is 14.2. The van der Waals surface area contributed by atoms with E-state index in [1.807, 2.05) is 25.1 Å². The van der Waals surface area contributed by atoms with Crippen LogP contribution in [-0.4, -0.2) is 64.9 Å². The molecular weight excluding hydrogens is 694 g/mol. The van der Waals surface area contributed by atoms with Crippen molar-refractivity contribution in [3.8, 4) is 5.75 Å². The van der Waals surface area contributed by atoms with Crippen LogP contribution >= 0.6 is 22.9 Å². The summed E-state index contributed by atoms with van der Waals surface area (Å²) in [5.74, 6) is 0.434. The number of anilines is 1. The molecule has 7 rings (SSSR count). The summed E-state index contributed by atoms with van der Waals surface area (Å²) in [4.78, 5) is 29.3. The number of aromatic nitrogens is 2. The van der Waals surface area contributed by atoms with E-state index in [1.165, 1.54) is 22.5 Å². The molecule has 1 aromatic heterocycles. The molecule has 2 bridgehead atoms. The number of allylic oxidation sites excluding steroid dienone is 1. The highest BCUT2D eigenvalue weighted by molar-refractivity contribution is 7.92. The number of fused-ring (bicyclic) bond motifs is 4. The van der Waals surface area contributed by atoms with Crippen LogP contribution < -0.4 is 14.4 Å². The minimum atomic E-state index is -3.42. The van der Waals surface area contributed by atoms with E-state index in [9.17, 15) is 13.8 Å². The Balaban J connectivity index is 1.24. The second-order valence-electron chi connectivity index (χ2n) is 14.0. The number of methoxy groups -OCH3 is 1. The second kappa shape index (κ2) is 14.7. The number of nitrogens with zero attached hydrogens (tertiary/aromatic N) is 4. The number of rotatable bonds is 5. The summed E-state index contributed by atoms with van der Waals surface area (Å²) in [6.07, 6.45) is 10.8. The molecule has 2 amide bonds. The first-order valence-corrected chi connectivity index (χ1v) is 20.4. The van der Waals surface area contributed by atoms with Crippen LogP contribution in [0.3, 0.4) is 0 Å². The van der Waals surface area contributed by atoms with Gasteiger partial charge in [-0.2, -0.15) is 0 Å². The van der Waals surface area contributed by atoms with Crippen LogP contribution in [0.25, 0.3) is 0 Å². The highest BCUT2D eigenvalue weighted by Crippen LogP contribution is 2.47. The van der Waals surface area contributed by atoms with E-state index < -0.39 is 21.7 Å². The fraction of sp³-hybridized carbons (Fsp3) is 0.514. The van der Waals surface area contributed by atoms with Crippen molar-refractivity contribution in [1.29, 1.82) is 0 Å². The van der Waals surface area contributed by atoms with E-state index in [0.717, 1.165) is 65.9 Å². The van der Waals surface area contributed by atoms with Gasteiger partial charge in [0.1, 0.15) is 25.7 Å². The molecule has 0 radical (unpaired) electrons. The van der Waals surface area contributed by atoms with Gasteiger partial charge in [-0.1, -0.05) is 29.8 Å². The molecule has 0 saturated heterocycles. The number of nitrogens with one attached hydrogen (secondary N) is 1. The van der Waals surface area contributed by atoms with Gasteiger partial charge < -0.3 is 14.4 Å². The minimum absolute atomic E-state index is 0.0403. The lowest BCUT2D eigenvalue weighted by Gasteiger charge is -2.46. The number of hydrogen-bond acceptors (Lipinski definition) is 9. The first kappa shape index (κ1) is 35.1. The number of carbonyl (C=O) groups is 2. The molecule has 1 unspecified atom stereocenters. The van der Waals surface area contributed by atoms with Gasteiger partial charge in [-0.25, -0.2) is 4.21 Å².